The molecule has 1 atom stereocenters. The monoisotopic (exact) mass is 481 g/mol. The minimum atomic E-state index is -3.82. The molecule has 0 aliphatic carbocycles. The molecule has 2 heterocycles. The van der Waals surface area contributed by atoms with Crippen LogP contribution in [0.1, 0.15) is 37.9 Å². The van der Waals surface area contributed by atoms with Crippen LogP contribution in [0.25, 0.3) is 0 Å². The highest BCUT2D eigenvalue weighted by molar-refractivity contribution is 7.90. The van der Waals surface area contributed by atoms with E-state index in [0.29, 0.717) is 37.6 Å². The first kappa shape index (κ1) is 25.3. The van der Waals surface area contributed by atoms with Crippen LogP contribution in [0.4, 0.5) is 4.39 Å². The van der Waals surface area contributed by atoms with Gasteiger partial charge in [0.15, 0.2) is 0 Å². The van der Waals surface area contributed by atoms with Gasteiger partial charge in [-0.25, -0.2) is 17.8 Å². The Morgan fingerprint density at radius 2 is 2.06 bits per heavy atom. The summed E-state index contributed by atoms with van der Waals surface area (Å²) in [6.45, 7) is 5.59. The van der Waals surface area contributed by atoms with E-state index in [1.54, 1.807) is 16.6 Å². The molecule has 2 aromatic rings. The lowest BCUT2D eigenvalue weighted by atomic mass is 10.2. The lowest BCUT2D eigenvalue weighted by Gasteiger charge is -2.25. The summed E-state index contributed by atoms with van der Waals surface area (Å²) in [5, 5.41) is -0.0685. The minimum absolute atomic E-state index is 0.0485. The average Bonchev–Trinajstić information content (AvgIpc) is 3.43. The molecule has 1 aromatic heterocycles. The number of halogens is 1. The summed E-state index contributed by atoms with van der Waals surface area (Å²) >= 11 is 0. The van der Waals surface area contributed by atoms with Crippen LogP contribution in [-0.2, 0) is 42.9 Å². The van der Waals surface area contributed by atoms with Crippen molar-refractivity contribution in [2.45, 2.75) is 56.8 Å². The molecule has 0 unspecified atom stereocenters. The van der Waals surface area contributed by atoms with Crippen LogP contribution in [0, 0.1) is 11.7 Å². The fraction of sp³-hybridized carbons (Fsp3) is 0.565. The molecule has 0 radical (unpaired) electrons. The van der Waals surface area contributed by atoms with Crippen molar-refractivity contribution >= 4 is 15.7 Å². The highest BCUT2D eigenvalue weighted by Gasteiger charge is 2.28. The average molecular weight is 482 g/mol. The highest BCUT2D eigenvalue weighted by atomic mass is 32.2. The zero-order valence-electron chi connectivity index (χ0n) is 19.4. The maximum atomic E-state index is 13.3. The molecule has 3 rings (SSSR count). The van der Waals surface area contributed by atoms with E-state index < -0.39 is 15.7 Å². The standard InChI is InChI=1S/C23H32FN3O5S/c1-17(2)22(28)26(10-12-31-3)14-20-13-25-23(27(20)15-21-5-4-11-32-21)33(29,30)16-18-6-8-19(24)9-7-18/h6-9,13,17,21H,4-5,10-12,14-16H2,1-3H3/t21-/m0/s1. The van der Waals surface area contributed by atoms with Gasteiger partial charge in [-0.15, -0.1) is 0 Å². The van der Waals surface area contributed by atoms with Gasteiger partial charge in [0.05, 0.1) is 43.4 Å². The van der Waals surface area contributed by atoms with Crippen LogP contribution in [0.15, 0.2) is 35.6 Å². The lowest BCUT2D eigenvalue weighted by Crippen LogP contribution is -2.37. The maximum Gasteiger partial charge on any atom is 0.228 e. The second kappa shape index (κ2) is 11.2. The van der Waals surface area contributed by atoms with Crippen LogP contribution in [0.5, 0.6) is 0 Å². The van der Waals surface area contributed by atoms with E-state index in [1.165, 1.54) is 30.5 Å². The van der Waals surface area contributed by atoms with Crippen LogP contribution in [0.3, 0.4) is 0 Å². The predicted molar refractivity (Wildman–Crippen MR) is 121 cm³/mol. The van der Waals surface area contributed by atoms with Crippen molar-refractivity contribution in [1.82, 2.24) is 14.5 Å². The van der Waals surface area contributed by atoms with Crippen LogP contribution >= 0.6 is 0 Å². The second-order valence-corrected chi connectivity index (χ2v) is 10.5. The number of carbonyl (C=O) groups is 1. The third-order valence-electron chi connectivity index (χ3n) is 5.58. The number of hydrogen-bond acceptors (Lipinski definition) is 6. The van der Waals surface area contributed by atoms with Gasteiger partial charge in [-0.2, -0.15) is 0 Å². The van der Waals surface area contributed by atoms with Gasteiger partial charge >= 0.3 is 0 Å². The topological polar surface area (TPSA) is 90.7 Å². The number of amides is 1. The quantitative estimate of drug-likeness (QED) is 0.490. The number of imidazole rings is 1. The third kappa shape index (κ3) is 6.61. The molecule has 1 saturated heterocycles. The first-order valence-corrected chi connectivity index (χ1v) is 12.8. The van der Waals surface area contributed by atoms with Gasteiger partial charge in [0.1, 0.15) is 5.82 Å². The highest BCUT2D eigenvalue weighted by Crippen LogP contribution is 2.23. The van der Waals surface area contributed by atoms with Gasteiger partial charge in [-0.1, -0.05) is 26.0 Å². The molecule has 1 aliphatic rings. The number of benzene rings is 1. The zero-order chi connectivity index (χ0) is 24.0. The second-order valence-electron chi connectivity index (χ2n) is 8.57. The van der Waals surface area contributed by atoms with Crippen molar-refractivity contribution in [2.75, 3.05) is 26.9 Å². The number of ether oxygens (including phenoxy) is 2. The first-order chi connectivity index (χ1) is 15.7. The summed E-state index contributed by atoms with van der Waals surface area (Å²) in [4.78, 5) is 18.7. The van der Waals surface area contributed by atoms with E-state index in [0.717, 1.165) is 12.8 Å². The zero-order valence-corrected chi connectivity index (χ0v) is 20.2. The molecule has 1 aliphatic heterocycles. The first-order valence-electron chi connectivity index (χ1n) is 11.1. The van der Waals surface area contributed by atoms with E-state index >= 15 is 0 Å². The van der Waals surface area contributed by atoms with Gasteiger partial charge in [0.25, 0.3) is 0 Å². The van der Waals surface area contributed by atoms with Crippen LogP contribution < -0.4 is 0 Å². The molecule has 0 bridgehead atoms. The van der Waals surface area contributed by atoms with E-state index in [2.05, 4.69) is 4.98 Å². The smallest absolute Gasteiger partial charge is 0.228 e. The van der Waals surface area contributed by atoms with Crippen molar-refractivity contribution < 1.29 is 27.1 Å². The summed E-state index contributed by atoms with van der Waals surface area (Å²) in [5.41, 5.74) is 1.09. The fourth-order valence-electron chi connectivity index (χ4n) is 3.85. The Labute approximate surface area is 194 Å². The number of hydrogen-bond donors (Lipinski definition) is 0. The Hall–Kier alpha value is -2.30. The van der Waals surface area contributed by atoms with Gasteiger partial charge in [0.2, 0.25) is 20.9 Å². The molecule has 33 heavy (non-hydrogen) atoms. The summed E-state index contributed by atoms with van der Waals surface area (Å²) in [6.07, 6.45) is 3.14. The van der Waals surface area contributed by atoms with E-state index in [-0.39, 0.29) is 35.4 Å². The van der Waals surface area contributed by atoms with E-state index in [9.17, 15) is 17.6 Å². The molecule has 1 amide bonds. The summed E-state index contributed by atoms with van der Waals surface area (Å²) < 4.78 is 52.4. The number of carbonyl (C=O) groups excluding carboxylic acids is 1. The molecule has 0 saturated carbocycles. The largest absolute Gasteiger partial charge is 0.383 e. The summed E-state index contributed by atoms with van der Waals surface area (Å²) in [6, 6.07) is 5.38. The van der Waals surface area contributed by atoms with E-state index in [4.69, 9.17) is 9.47 Å². The van der Waals surface area contributed by atoms with Gasteiger partial charge < -0.3 is 18.9 Å². The number of aromatic nitrogens is 2. The Morgan fingerprint density at radius 1 is 1.33 bits per heavy atom. The predicted octanol–water partition coefficient (Wildman–Crippen LogP) is 2.81. The summed E-state index contributed by atoms with van der Waals surface area (Å²) in [7, 11) is -2.25. The number of methoxy groups -OCH3 is 1. The molecule has 10 heteroatoms. The van der Waals surface area contributed by atoms with Crippen molar-refractivity contribution in [1.29, 1.82) is 0 Å². The normalized spacial score (nSPS) is 16.5. The van der Waals surface area contributed by atoms with Crippen molar-refractivity contribution in [2.24, 2.45) is 5.92 Å². The summed E-state index contributed by atoms with van der Waals surface area (Å²) in [5.74, 6) is -0.983. The Bertz CT molecular complexity index is 1030. The number of nitrogens with zero attached hydrogens (tertiary/aromatic N) is 3. The molecule has 1 aromatic carbocycles. The molecule has 0 spiro atoms. The Kier molecular flexibility index (Phi) is 8.61. The van der Waals surface area contributed by atoms with Crippen molar-refractivity contribution in [3.63, 3.8) is 0 Å². The van der Waals surface area contributed by atoms with E-state index in [1.807, 2.05) is 13.8 Å². The molecule has 8 nitrogen and oxygen atoms in total. The van der Waals surface area contributed by atoms with Crippen LogP contribution in [-0.4, -0.2) is 61.7 Å². The maximum absolute atomic E-state index is 13.3. The third-order valence-corrected chi connectivity index (χ3v) is 7.18. The van der Waals surface area contributed by atoms with Gasteiger partial charge in [-0.3, -0.25) is 4.79 Å². The lowest BCUT2D eigenvalue weighted by molar-refractivity contribution is -0.135. The molecular formula is C23H32FN3O5S. The Morgan fingerprint density at radius 3 is 2.67 bits per heavy atom. The molecular weight excluding hydrogens is 449 g/mol. The molecule has 182 valence electrons. The van der Waals surface area contributed by atoms with Crippen molar-refractivity contribution in [3.05, 3.63) is 47.5 Å². The minimum Gasteiger partial charge on any atom is -0.383 e. The number of sulfone groups is 1. The van der Waals surface area contributed by atoms with Crippen LogP contribution in [0.2, 0.25) is 0 Å². The number of rotatable bonds is 11. The Balaban J connectivity index is 1.93. The fourth-order valence-corrected chi connectivity index (χ4v) is 5.35. The molecule has 1 fully saturated rings. The van der Waals surface area contributed by atoms with Gasteiger partial charge in [-0.05, 0) is 30.5 Å². The van der Waals surface area contributed by atoms with Gasteiger partial charge in [0, 0.05) is 26.2 Å². The molecule has 0 N–H and O–H groups in total. The van der Waals surface area contributed by atoms with Crippen molar-refractivity contribution in [3.8, 4) is 0 Å². The SMILES string of the molecule is COCCN(Cc1cnc(S(=O)(=O)Cc2ccc(F)cc2)n1C[C@@H]1CCCO1)C(=O)C(C)C.